The summed E-state index contributed by atoms with van der Waals surface area (Å²) in [5.74, 6) is -0.347. The number of fused-ring (bicyclic) bond motifs is 1. The van der Waals surface area contributed by atoms with Gasteiger partial charge in [0.05, 0.1) is 23.5 Å². The van der Waals surface area contributed by atoms with E-state index in [0.717, 1.165) is 31.5 Å². The number of aliphatic hydroxyl groups excluding tert-OH is 1. The van der Waals surface area contributed by atoms with Crippen molar-refractivity contribution in [2.75, 3.05) is 26.2 Å². The second-order valence-electron chi connectivity index (χ2n) is 8.03. The van der Waals surface area contributed by atoms with Crippen LogP contribution in [-0.4, -0.2) is 51.2 Å². The van der Waals surface area contributed by atoms with Gasteiger partial charge in [-0.15, -0.1) is 0 Å². The molecule has 4 rings (SSSR count). The summed E-state index contributed by atoms with van der Waals surface area (Å²) in [6, 6.07) is 13.9. The number of ketones is 1. The Labute approximate surface area is 180 Å². The molecule has 1 N–H and O–H groups in total. The molecule has 7 nitrogen and oxygen atoms in total. The molecule has 0 spiro atoms. The number of carbonyl (C=O) groups excluding carboxylic acids is 1. The van der Waals surface area contributed by atoms with Crippen LogP contribution in [0.15, 0.2) is 58.1 Å². The second kappa shape index (κ2) is 8.99. The van der Waals surface area contributed by atoms with Crippen LogP contribution >= 0.6 is 0 Å². The van der Waals surface area contributed by atoms with Crippen molar-refractivity contribution in [3.8, 4) is 0 Å². The molecule has 1 aliphatic heterocycles. The third kappa shape index (κ3) is 4.11. The van der Waals surface area contributed by atoms with Gasteiger partial charge in [0.1, 0.15) is 6.61 Å². The molecule has 7 heteroatoms. The number of likely N-dealkylation sites (tertiary alicyclic amines) is 1. The van der Waals surface area contributed by atoms with Crippen molar-refractivity contribution in [2.45, 2.75) is 32.4 Å². The van der Waals surface area contributed by atoms with Crippen molar-refractivity contribution in [1.82, 2.24) is 14.0 Å². The van der Waals surface area contributed by atoms with Crippen LogP contribution in [0.25, 0.3) is 10.9 Å². The van der Waals surface area contributed by atoms with Crippen LogP contribution in [0.2, 0.25) is 0 Å². The Hall–Kier alpha value is -3.03. The first-order chi connectivity index (χ1) is 15.0. The van der Waals surface area contributed by atoms with Gasteiger partial charge in [0.25, 0.3) is 5.56 Å². The highest BCUT2D eigenvalue weighted by Crippen LogP contribution is 2.20. The number of aromatic nitrogens is 2. The molecule has 1 unspecified atom stereocenters. The van der Waals surface area contributed by atoms with Gasteiger partial charge in [-0.2, -0.15) is 0 Å². The Balaban J connectivity index is 1.80. The van der Waals surface area contributed by atoms with E-state index >= 15 is 0 Å². The van der Waals surface area contributed by atoms with Crippen LogP contribution in [0.1, 0.15) is 41.7 Å². The second-order valence-corrected chi connectivity index (χ2v) is 8.03. The molecule has 0 radical (unpaired) electrons. The van der Waals surface area contributed by atoms with Crippen LogP contribution in [0, 0.1) is 0 Å². The fraction of sp³-hybridized carbons (Fsp3) is 0.375. The summed E-state index contributed by atoms with van der Waals surface area (Å²) in [6.45, 7) is 4.42. The van der Waals surface area contributed by atoms with Gasteiger partial charge in [-0.25, -0.2) is 4.79 Å². The number of hydrogen-bond donors (Lipinski definition) is 1. The molecule has 0 saturated carbocycles. The van der Waals surface area contributed by atoms with Gasteiger partial charge in [0, 0.05) is 12.1 Å². The zero-order valence-corrected chi connectivity index (χ0v) is 17.7. The Kier molecular flexibility index (Phi) is 6.15. The molecule has 0 aliphatic carbocycles. The van der Waals surface area contributed by atoms with E-state index in [1.807, 2.05) is 12.1 Å². The lowest BCUT2D eigenvalue weighted by Crippen LogP contribution is -2.47. The summed E-state index contributed by atoms with van der Waals surface area (Å²) in [5, 5.41) is 9.56. The molecular formula is C24H27N3O4. The molecule has 2 heterocycles. The minimum Gasteiger partial charge on any atom is -0.388 e. The first-order valence-corrected chi connectivity index (χ1v) is 10.7. The van der Waals surface area contributed by atoms with E-state index in [9.17, 15) is 14.4 Å². The summed E-state index contributed by atoms with van der Waals surface area (Å²) in [7, 11) is 0. The first-order valence-electron chi connectivity index (χ1n) is 10.7. The molecule has 1 saturated heterocycles. The highest BCUT2D eigenvalue weighted by molar-refractivity contribution is 5.96. The summed E-state index contributed by atoms with van der Waals surface area (Å²) in [5.41, 5.74) is 1.33. The maximum Gasteiger partial charge on any atom is 0.332 e. The van der Waals surface area contributed by atoms with Crippen LogP contribution in [0.4, 0.5) is 0 Å². The van der Waals surface area contributed by atoms with E-state index in [1.54, 1.807) is 41.0 Å². The molecule has 0 bridgehead atoms. The van der Waals surface area contributed by atoms with Crippen molar-refractivity contribution in [3.05, 3.63) is 80.5 Å². The van der Waals surface area contributed by atoms with Gasteiger partial charge in [0.15, 0.2) is 5.78 Å². The Morgan fingerprint density at radius 1 is 1.10 bits per heavy atom. The third-order valence-electron chi connectivity index (χ3n) is 6.13. The number of nitrogens with zero attached hydrogens (tertiary/aromatic N) is 3. The lowest BCUT2D eigenvalue weighted by atomic mass is 10.1. The predicted molar refractivity (Wildman–Crippen MR) is 120 cm³/mol. The first kappa shape index (κ1) is 21.2. The summed E-state index contributed by atoms with van der Waals surface area (Å²) < 4.78 is 3.08. The van der Waals surface area contributed by atoms with E-state index < -0.39 is 6.61 Å². The fourth-order valence-electron chi connectivity index (χ4n) is 4.41. The van der Waals surface area contributed by atoms with E-state index in [4.69, 9.17) is 5.11 Å². The number of Topliss-reactive ketones (excluding diaryl/α,β-unsaturated/α-hetero) is 1. The lowest BCUT2D eigenvalue weighted by Gasteiger charge is -2.32. The molecule has 1 aliphatic rings. The molecule has 1 aromatic heterocycles. The van der Waals surface area contributed by atoms with Gasteiger partial charge in [-0.1, -0.05) is 43.3 Å². The molecule has 1 atom stereocenters. The van der Waals surface area contributed by atoms with Gasteiger partial charge in [0.2, 0.25) is 0 Å². The average molecular weight is 421 g/mol. The molecular weight excluding hydrogens is 394 g/mol. The molecule has 162 valence electrons. The van der Waals surface area contributed by atoms with Crippen molar-refractivity contribution in [1.29, 1.82) is 0 Å². The average Bonchev–Trinajstić information content (AvgIpc) is 2.82. The maximum atomic E-state index is 13.5. The quantitative estimate of drug-likeness (QED) is 0.616. The number of carbonyl (C=O) groups is 1. The molecule has 2 aromatic carbocycles. The largest absolute Gasteiger partial charge is 0.388 e. The normalized spacial score (nSPS) is 17.2. The Bertz CT molecular complexity index is 1210. The van der Waals surface area contributed by atoms with E-state index in [2.05, 4.69) is 11.8 Å². The SMILES string of the molecule is CCN1CCCC(n2c(=O)c3ccccc3n(Cc3ccc(C(=O)CO)cc3)c2=O)C1. The van der Waals surface area contributed by atoms with Crippen LogP contribution in [-0.2, 0) is 6.54 Å². The van der Waals surface area contributed by atoms with Crippen molar-refractivity contribution in [3.63, 3.8) is 0 Å². The zero-order chi connectivity index (χ0) is 22.0. The smallest absolute Gasteiger partial charge is 0.332 e. The number of aliphatic hydroxyl groups is 1. The number of rotatable bonds is 6. The minimum absolute atomic E-state index is 0.144. The lowest BCUT2D eigenvalue weighted by molar-refractivity contribution is 0.0903. The predicted octanol–water partition coefficient (Wildman–Crippen LogP) is 2.04. The van der Waals surface area contributed by atoms with E-state index in [1.165, 1.54) is 4.57 Å². The highest BCUT2D eigenvalue weighted by Gasteiger charge is 2.25. The van der Waals surface area contributed by atoms with Crippen LogP contribution in [0.3, 0.4) is 0 Å². The van der Waals surface area contributed by atoms with Crippen molar-refractivity contribution in [2.24, 2.45) is 0 Å². The van der Waals surface area contributed by atoms with Gasteiger partial charge in [-0.3, -0.25) is 18.7 Å². The number of para-hydroxylation sites is 1. The number of benzene rings is 2. The Morgan fingerprint density at radius 3 is 2.55 bits per heavy atom. The Morgan fingerprint density at radius 2 is 1.84 bits per heavy atom. The summed E-state index contributed by atoms with van der Waals surface area (Å²) in [6.07, 6.45) is 1.76. The standard InChI is InChI=1S/C24H27N3O4/c1-2-25-13-5-6-19(15-25)27-23(30)20-7-3-4-8-21(20)26(24(27)31)14-17-9-11-18(12-10-17)22(29)16-28/h3-4,7-12,19,28H,2,5-6,13-16H2,1H3. The van der Waals surface area contributed by atoms with Gasteiger partial charge < -0.3 is 10.0 Å². The van der Waals surface area contributed by atoms with Crippen LogP contribution < -0.4 is 11.2 Å². The highest BCUT2D eigenvalue weighted by atomic mass is 16.3. The van der Waals surface area contributed by atoms with Gasteiger partial charge in [-0.05, 0) is 43.6 Å². The molecule has 3 aromatic rings. The minimum atomic E-state index is -0.537. The third-order valence-corrected chi connectivity index (χ3v) is 6.13. The topological polar surface area (TPSA) is 84.5 Å². The molecule has 0 amide bonds. The van der Waals surface area contributed by atoms with E-state index in [0.29, 0.717) is 23.0 Å². The fourth-order valence-corrected chi connectivity index (χ4v) is 4.41. The number of likely N-dealkylation sites (N-methyl/N-ethyl adjacent to an activating group) is 1. The number of piperidine rings is 1. The zero-order valence-electron chi connectivity index (χ0n) is 17.7. The van der Waals surface area contributed by atoms with Crippen molar-refractivity contribution < 1.29 is 9.90 Å². The summed E-state index contributed by atoms with van der Waals surface area (Å²) >= 11 is 0. The maximum absolute atomic E-state index is 13.5. The molecule has 1 fully saturated rings. The number of hydrogen-bond acceptors (Lipinski definition) is 5. The van der Waals surface area contributed by atoms with Crippen molar-refractivity contribution >= 4 is 16.7 Å². The van der Waals surface area contributed by atoms with E-state index in [-0.39, 0.29) is 29.6 Å². The molecule has 31 heavy (non-hydrogen) atoms. The monoisotopic (exact) mass is 421 g/mol. The summed E-state index contributed by atoms with van der Waals surface area (Å²) in [4.78, 5) is 40.8. The van der Waals surface area contributed by atoms with Gasteiger partial charge >= 0.3 is 5.69 Å². The van der Waals surface area contributed by atoms with Crippen LogP contribution in [0.5, 0.6) is 0 Å².